The van der Waals surface area contributed by atoms with Crippen molar-refractivity contribution in [2.24, 2.45) is 7.05 Å². The highest BCUT2D eigenvalue weighted by molar-refractivity contribution is 7.17. The van der Waals surface area contributed by atoms with Gasteiger partial charge in [0.25, 0.3) is 0 Å². The van der Waals surface area contributed by atoms with Crippen LogP contribution in [0.15, 0.2) is 48.0 Å². The normalized spacial score (nSPS) is 14.7. The molecule has 0 radical (unpaired) electrons. The number of benzene rings is 1. The van der Waals surface area contributed by atoms with Gasteiger partial charge in [0.05, 0.1) is 28.1 Å². The highest BCUT2D eigenvalue weighted by atomic mass is 32.1. The first-order valence-corrected chi connectivity index (χ1v) is 12.8. The van der Waals surface area contributed by atoms with Crippen molar-refractivity contribution in [1.82, 2.24) is 19.4 Å². The van der Waals surface area contributed by atoms with Crippen molar-refractivity contribution in [2.45, 2.75) is 45.3 Å². The van der Waals surface area contributed by atoms with Crippen molar-refractivity contribution < 1.29 is 9.47 Å². The van der Waals surface area contributed by atoms with Crippen molar-refractivity contribution >= 4 is 21.6 Å². The van der Waals surface area contributed by atoms with Crippen LogP contribution in [0, 0.1) is 0 Å². The summed E-state index contributed by atoms with van der Waals surface area (Å²) >= 11 is 1.77. The van der Waals surface area contributed by atoms with Gasteiger partial charge >= 0.3 is 0 Å². The Kier molecular flexibility index (Phi) is 6.69. The van der Waals surface area contributed by atoms with Crippen LogP contribution in [-0.2, 0) is 20.0 Å². The Balaban J connectivity index is 1.24. The Labute approximate surface area is 199 Å². The standard InChI is InChI=1S/C26H32N4O2S/c1-3-4-19-18-30(26(28-19)24-17-25-23(29(24)2)11-16-33-25)14-15-31-20-5-7-21(8-6-20)32-22-9-12-27-13-10-22/h5-8,11,16-18,22,27H,3-4,9-10,12-15H2,1-2H3. The molecular formula is C26H32N4O2S. The molecule has 5 rings (SSSR count). The zero-order valence-electron chi connectivity index (χ0n) is 19.4. The van der Waals surface area contributed by atoms with Gasteiger partial charge in [-0.3, -0.25) is 0 Å². The molecule has 0 unspecified atom stereocenters. The number of nitrogens with one attached hydrogen (secondary N) is 1. The fraction of sp³-hybridized carbons (Fsp3) is 0.423. The van der Waals surface area contributed by atoms with E-state index >= 15 is 0 Å². The van der Waals surface area contributed by atoms with Crippen LogP contribution in [0.4, 0.5) is 0 Å². The van der Waals surface area contributed by atoms with Crippen LogP contribution in [0.25, 0.3) is 21.7 Å². The smallest absolute Gasteiger partial charge is 0.157 e. The van der Waals surface area contributed by atoms with Gasteiger partial charge in [0, 0.05) is 13.2 Å². The first-order chi connectivity index (χ1) is 16.2. The van der Waals surface area contributed by atoms with Gasteiger partial charge in [0.1, 0.15) is 24.2 Å². The molecule has 0 amide bonds. The van der Waals surface area contributed by atoms with Gasteiger partial charge in [-0.15, -0.1) is 11.3 Å². The van der Waals surface area contributed by atoms with E-state index in [1.54, 1.807) is 11.3 Å². The van der Waals surface area contributed by atoms with Gasteiger partial charge in [0.15, 0.2) is 5.82 Å². The molecule has 1 aliphatic rings. The zero-order valence-corrected chi connectivity index (χ0v) is 20.2. The first-order valence-electron chi connectivity index (χ1n) is 11.9. The third-order valence-corrected chi connectivity index (χ3v) is 7.09. The number of hydrogen-bond donors (Lipinski definition) is 1. The molecule has 0 spiro atoms. The van der Waals surface area contributed by atoms with Crippen LogP contribution in [0.1, 0.15) is 31.9 Å². The molecule has 1 fully saturated rings. The van der Waals surface area contributed by atoms with Crippen molar-refractivity contribution in [3.63, 3.8) is 0 Å². The van der Waals surface area contributed by atoms with E-state index in [-0.39, 0.29) is 0 Å². The summed E-state index contributed by atoms with van der Waals surface area (Å²) in [4.78, 5) is 4.97. The van der Waals surface area contributed by atoms with Crippen LogP contribution >= 0.6 is 11.3 Å². The minimum absolute atomic E-state index is 0.308. The number of thiophene rings is 1. The number of nitrogens with zero attached hydrogens (tertiary/aromatic N) is 3. The van der Waals surface area contributed by atoms with E-state index < -0.39 is 0 Å². The molecule has 0 saturated carbocycles. The quantitative estimate of drug-likeness (QED) is 0.367. The van der Waals surface area contributed by atoms with Gasteiger partial charge in [-0.05, 0) is 74.1 Å². The summed E-state index contributed by atoms with van der Waals surface area (Å²) in [5, 5.41) is 5.51. The molecule has 33 heavy (non-hydrogen) atoms. The van der Waals surface area contributed by atoms with Gasteiger partial charge < -0.3 is 23.9 Å². The molecule has 1 saturated heterocycles. The van der Waals surface area contributed by atoms with Crippen LogP contribution in [-0.4, -0.2) is 39.9 Å². The first kappa shape index (κ1) is 22.0. The maximum atomic E-state index is 6.09. The van der Waals surface area contributed by atoms with E-state index in [0.29, 0.717) is 12.7 Å². The molecule has 4 heterocycles. The van der Waals surface area contributed by atoms with Crippen molar-refractivity contribution in [3.05, 3.63) is 53.7 Å². The highest BCUT2D eigenvalue weighted by Gasteiger charge is 2.16. The fourth-order valence-electron chi connectivity index (χ4n) is 4.47. The van der Waals surface area contributed by atoms with Crippen molar-refractivity contribution in [2.75, 3.05) is 19.7 Å². The molecule has 6 nitrogen and oxygen atoms in total. The second kappa shape index (κ2) is 10.0. The Hall–Kier alpha value is -2.77. The SMILES string of the molecule is CCCc1cn(CCOc2ccc(OC3CCNCC3)cc2)c(-c2cc3sccc3n2C)n1. The predicted octanol–water partition coefficient (Wildman–Crippen LogP) is 5.27. The molecule has 4 aromatic rings. The van der Waals surface area contributed by atoms with Gasteiger partial charge in [-0.1, -0.05) is 13.3 Å². The third kappa shape index (κ3) is 4.94. The Morgan fingerprint density at radius 3 is 2.67 bits per heavy atom. The number of ether oxygens (including phenoxy) is 2. The number of rotatable bonds is 9. The summed E-state index contributed by atoms with van der Waals surface area (Å²) in [5.41, 5.74) is 3.54. The van der Waals surface area contributed by atoms with E-state index in [1.165, 1.54) is 10.2 Å². The maximum Gasteiger partial charge on any atom is 0.157 e. The summed E-state index contributed by atoms with van der Waals surface area (Å²) in [7, 11) is 2.12. The lowest BCUT2D eigenvalue weighted by molar-refractivity contribution is 0.162. The maximum absolute atomic E-state index is 6.09. The molecule has 7 heteroatoms. The minimum Gasteiger partial charge on any atom is -0.492 e. The van der Waals surface area contributed by atoms with Gasteiger partial charge in [-0.2, -0.15) is 0 Å². The number of hydrogen-bond acceptors (Lipinski definition) is 5. The number of imidazole rings is 1. The lowest BCUT2D eigenvalue weighted by Gasteiger charge is -2.23. The molecular weight excluding hydrogens is 432 g/mol. The van der Waals surface area contributed by atoms with Crippen LogP contribution in [0.5, 0.6) is 11.5 Å². The highest BCUT2D eigenvalue weighted by Crippen LogP contribution is 2.30. The fourth-order valence-corrected chi connectivity index (χ4v) is 5.32. The number of aromatic nitrogens is 3. The van der Waals surface area contributed by atoms with E-state index in [0.717, 1.165) is 74.0 Å². The molecule has 0 bridgehead atoms. The largest absolute Gasteiger partial charge is 0.492 e. The summed E-state index contributed by atoms with van der Waals surface area (Å²) in [6.07, 6.45) is 6.68. The number of aryl methyl sites for hydroxylation is 2. The van der Waals surface area contributed by atoms with E-state index in [4.69, 9.17) is 14.5 Å². The summed E-state index contributed by atoms with van der Waals surface area (Å²) in [5.74, 6) is 2.79. The molecule has 1 aliphatic heterocycles. The topological polar surface area (TPSA) is 53.2 Å². The average Bonchev–Trinajstić information content (AvgIpc) is 3.53. The molecule has 0 aliphatic carbocycles. The Bertz CT molecular complexity index is 1190. The van der Waals surface area contributed by atoms with E-state index in [2.05, 4.69) is 52.1 Å². The molecule has 0 atom stereocenters. The third-order valence-electron chi connectivity index (χ3n) is 6.24. The average molecular weight is 465 g/mol. The van der Waals surface area contributed by atoms with Gasteiger partial charge in [0.2, 0.25) is 0 Å². The Morgan fingerprint density at radius 2 is 1.91 bits per heavy atom. The van der Waals surface area contributed by atoms with Crippen molar-refractivity contribution in [1.29, 1.82) is 0 Å². The van der Waals surface area contributed by atoms with Gasteiger partial charge in [-0.25, -0.2) is 4.98 Å². The van der Waals surface area contributed by atoms with Crippen LogP contribution in [0.3, 0.4) is 0 Å². The van der Waals surface area contributed by atoms with Crippen LogP contribution < -0.4 is 14.8 Å². The molecule has 174 valence electrons. The summed E-state index contributed by atoms with van der Waals surface area (Å²) < 4.78 is 17.9. The van der Waals surface area contributed by atoms with Crippen LogP contribution in [0.2, 0.25) is 0 Å². The van der Waals surface area contributed by atoms with E-state index in [1.807, 2.05) is 24.3 Å². The molecule has 1 N–H and O–H groups in total. The second-order valence-electron chi connectivity index (χ2n) is 8.65. The van der Waals surface area contributed by atoms with Crippen molar-refractivity contribution in [3.8, 4) is 23.0 Å². The number of fused-ring (bicyclic) bond motifs is 1. The second-order valence-corrected chi connectivity index (χ2v) is 9.59. The van der Waals surface area contributed by atoms with E-state index in [9.17, 15) is 0 Å². The zero-order chi connectivity index (χ0) is 22.6. The molecule has 3 aromatic heterocycles. The monoisotopic (exact) mass is 464 g/mol. The lowest BCUT2D eigenvalue weighted by atomic mass is 10.1. The Morgan fingerprint density at radius 1 is 1.12 bits per heavy atom. The predicted molar refractivity (Wildman–Crippen MR) is 134 cm³/mol. The minimum atomic E-state index is 0.308. The molecule has 1 aromatic carbocycles. The summed E-state index contributed by atoms with van der Waals surface area (Å²) in [6.45, 7) is 5.59. The lowest BCUT2D eigenvalue weighted by Crippen LogP contribution is -2.34. The number of piperidine rings is 1. The summed E-state index contributed by atoms with van der Waals surface area (Å²) in [6, 6.07) is 12.4.